The summed E-state index contributed by atoms with van der Waals surface area (Å²) in [6.45, 7) is 12.1. The van der Waals surface area contributed by atoms with Crippen molar-refractivity contribution in [3.8, 4) is 5.75 Å². The minimum atomic E-state index is -2.25. The molecule has 0 radical (unpaired) electrons. The number of hydrogen-bond donors (Lipinski definition) is 1. The van der Waals surface area contributed by atoms with E-state index in [0.717, 1.165) is 0 Å². The molecule has 1 aliphatic rings. The highest BCUT2D eigenvalue weighted by molar-refractivity contribution is 6.74. The lowest BCUT2D eigenvalue weighted by molar-refractivity contribution is -0.152. The molecule has 0 aliphatic carbocycles. The van der Waals surface area contributed by atoms with E-state index in [-0.39, 0.29) is 11.5 Å². The molecule has 2 aromatic rings. The van der Waals surface area contributed by atoms with E-state index in [2.05, 4.69) is 38.8 Å². The number of carbonyl (C=O) groups excluding carboxylic acids is 1. The van der Waals surface area contributed by atoms with Gasteiger partial charge in [0.15, 0.2) is 14.4 Å². The van der Waals surface area contributed by atoms with E-state index >= 15 is 0 Å². The smallest absolute Gasteiger partial charge is 0.343 e. The molecule has 0 saturated carbocycles. The monoisotopic (exact) mass is 446 g/mol. The van der Waals surface area contributed by atoms with Crippen molar-refractivity contribution < 1.29 is 18.7 Å². The zero-order chi connectivity index (χ0) is 23.0. The maximum Gasteiger partial charge on any atom is 0.343 e. The van der Waals surface area contributed by atoms with Gasteiger partial charge in [-0.15, -0.1) is 0 Å². The average Bonchev–Trinajstić information content (AvgIpc) is 3.07. The van der Waals surface area contributed by atoms with Crippen LogP contribution in [0.5, 0.6) is 5.75 Å². The summed E-state index contributed by atoms with van der Waals surface area (Å²) in [5, 5.41) is -0.0790. The lowest BCUT2D eigenvalue weighted by Gasteiger charge is -2.39. The quantitative estimate of drug-likeness (QED) is 0.430. The van der Waals surface area contributed by atoms with Crippen LogP contribution >= 0.6 is 0 Å². The first-order valence-electron chi connectivity index (χ1n) is 10.3. The Bertz CT molecular complexity index is 1050. The zero-order valence-electron chi connectivity index (χ0n) is 18.8. The summed E-state index contributed by atoms with van der Waals surface area (Å²) in [4.78, 5) is 39.4. The maximum absolute atomic E-state index is 13.0. The normalized spacial score (nSPS) is 21.8. The Balaban J connectivity index is 1.91. The Morgan fingerprint density at radius 2 is 1.84 bits per heavy atom. The molecule has 1 saturated heterocycles. The molecule has 1 aliphatic heterocycles. The molecule has 1 fully saturated rings. The van der Waals surface area contributed by atoms with Crippen molar-refractivity contribution in [2.45, 2.75) is 70.7 Å². The van der Waals surface area contributed by atoms with Crippen molar-refractivity contribution >= 4 is 14.3 Å². The highest BCUT2D eigenvalue weighted by Gasteiger charge is 2.48. The lowest BCUT2D eigenvalue weighted by Crippen LogP contribution is -2.48. The first-order chi connectivity index (χ1) is 14.4. The summed E-state index contributed by atoms with van der Waals surface area (Å²) >= 11 is 0. The fourth-order valence-electron chi connectivity index (χ4n) is 3.15. The van der Waals surface area contributed by atoms with E-state index in [0.29, 0.717) is 11.3 Å². The number of hydrogen-bond acceptors (Lipinski definition) is 6. The van der Waals surface area contributed by atoms with Crippen molar-refractivity contribution in [1.82, 2.24) is 9.55 Å². The van der Waals surface area contributed by atoms with Crippen LogP contribution < -0.4 is 16.0 Å². The maximum atomic E-state index is 13.0. The Labute approximate surface area is 182 Å². The van der Waals surface area contributed by atoms with E-state index < -0.39 is 44.0 Å². The minimum Gasteiger partial charge on any atom is -0.425 e. The van der Waals surface area contributed by atoms with E-state index in [1.165, 1.54) is 10.8 Å². The van der Waals surface area contributed by atoms with Crippen LogP contribution in [0.2, 0.25) is 18.1 Å². The number of para-hydroxylation sites is 1. The number of rotatable bonds is 5. The second-order valence-electron chi connectivity index (χ2n) is 9.38. The van der Waals surface area contributed by atoms with Gasteiger partial charge in [-0.3, -0.25) is 14.3 Å². The number of nitrogens with zero attached hydrogens (tertiary/aromatic N) is 1. The van der Waals surface area contributed by atoms with Crippen molar-refractivity contribution in [2.24, 2.45) is 0 Å². The summed E-state index contributed by atoms with van der Waals surface area (Å²) < 4.78 is 19.3. The third-order valence-electron chi connectivity index (χ3n) is 5.98. The fourth-order valence-corrected chi connectivity index (χ4v) is 4.48. The number of ether oxygens (including phenoxy) is 2. The standard InChI is InChI=1S/C22H30N2O6Si/c1-14-13-24(21(27)23-19(14)25)17-12-16(30-31(5,6)22(2,3)4)18(29-17)20(26)28-15-10-8-7-9-11-15/h7-11,13,16-18H,12H2,1-6H3,(H,23,25,27)/t16?,17-,18+/m1/s1. The van der Waals surface area contributed by atoms with Gasteiger partial charge in [0.05, 0.1) is 6.10 Å². The molecule has 31 heavy (non-hydrogen) atoms. The molecule has 3 rings (SSSR count). The summed E-state index contributed by atoms with van der Waals surface area (Å²) in [5.41, 5.74) is -0.669. The van der Waals surface area contributed by atoms with Gasteiger partial charge in [0, 0.05) is 18.2 Å². The van der Waals surface area contributed by atoms with E-state index in [4.69, 9.17) is 13.9 Å². The molecule has 0 bridgehead atoms. The first-order valence-corrected chi connectivity index (χ1v) is 13.2. The van der Waals surface area contributed by atoms with Crippen LogP contribution in [-0.4, -0.2) is 36.0 Å². The number of benzene rings is 1. The van der Waals surface area contributed by atoms with E-state index in [1.54, 1.807) is 31.2 Å². The summed E-state index contributed by atoms with van der Waals surface area (Å²) in [6.07, 6.45) is -0.613. The van der Waals surface area contributed by atoms with E-state index in [9.17, 15) is 14.4 Å². The molecule has 1 N–H and O–H groups in total. The number of H-pyrrole nitrogens is 1. The topological polar surface area (TPSA) is 99.6 Å². The minimum absolute atomic E-state index is 0.0790. The summed E-state index contributed by atoms with van der Waals surface area (Å²) in [6, 6.07) is 8.74. The SMILES string of the molecule is Cc1cn([C@H]2CC(O[Si](C)(C)C(C)(C)C)[C@@H](C(=O)Oc3ccccc3)O2)c(=O)[nH]c1=O. The Morgan fingerprint density at radius 3 is 2.45 bits per heavy atom. The van der Waals surface area contributed by atoms with Gasteiger partial charge in [-0.25, -0.2) is 9.59 Å². The molecule has 8 nitrogen and oxygen atoms in total. The first kappa shape index (κ1) is 23.2. The molecule has 9 heteroatoms. The largest absolute Gasteiger partial charge is 0.425 e. The number of nitrogens with one attached hydrogen (secondary N) is 1. The highest BCUT2D eigenvalue weighted by atomic mass is 28.4. The van der Waals surface area contributed by atoms with Crippen molar-refractivity contribution in [2.75, 3.05) is 0 Å². The molecular weight excluding hydrogens is 416 g/mol. The third-order valence-corrected chi connectivity index (χ3v) is 10.5. The summed E-state index contributed by atoms with van der Waals surface area (Å²) in [7, 11) is -2.25. The van der Waals surface area contributed by atoms with Crippen LogP contribution in [0.3, 0.4) is 0 Å². The van der Waals surface area contributed by atoms with Crippen LogP contribution in [-0.2, 0) is 14.0 Å². The zero-order valence-corrected chi connectivity index (χ0v) is 19.8. The van der Waals surface area contributed by atoms with Crippen LogP contribution in [0.4, 0.5) is 0 Å². The molecule has 1 unspecified atom stereocenters. The van der Waals surface area contributed by atoms with Crippen LogP contribution in [0.15, 0.2) is 46.1 Å². The Hall–Kier alpha value is -2.49. The molecule has 168 valence electrons. The average molecular weight is 447 g/mol. The molecule has 0 spiro atoms. The number of aromatic amines is 1. The van der Waals surface area contributed by atoms with Gasteiger partial charge in [-0.05, 0) is 37.2 Å². The van der Waals surface area contributed by atoms with Crippen LogP contribution in [0.25, 0.3) is 0 Å². The summed E-state index contributed by atoms with van der Waals surface area (Å²) in [5.74, 6) is -0.172. The lowest BCUT2D eigenvalue weighted by atomic mass is 10.2. The molecule has 1 aromatic heterocycles. The van der Waals surface area contributed by atoms with Gasteiger partial charge in [-0.2, -0.15) is 0 Å². The van der Waals surface area contributed by atoms with Crippen LogP contribution in [0.1, 0.15) is 39.0 Å². The van der Waals surface area contributed by atoms with Crippen molar-refractivity contribution in [3.63, 3.8) is 0 Å². The van der Waals surface area contributed by atoms with Crippen molar-refractivity contribution in [3.05, 3.63) is 62.9 Å². The predicted molar refractivity (Wildman–Crippen MR) is 119 cm³/mol. The predicted octanol–water partition coefficient (Wildman–Crippen LogP) is 3.13. The van der Waals surface area contributed by atoms with Crippen molar-refractivity contribution in [1.29, 1.82) is 0 Å². The van der Waals surface area contributed by atoms with E-state index in [1.807, 2.05) is 6.07 Å². The fraction of sp³-hybridized carbons (Fsp3) is 0.500. The van der Waals surface area contributed by atoms with Gasteiger partial charge in [0.25, 0.3) is 5.56 Å². The number of aryl methyl sites for hydroxylation is 1. The molecular formula is C22H30N2O6Si. The third kappa shape index (κ3) is 5.05. The van der Waals surface area contributed by atoms with Gasteiger partial charge in [0.2, 0.25) is 0 Å². The highest BCUT2D eigenvalue weighted by Crippen LogP contribution is 2.41. The van der Waals surface area contributed by atoms with Gasteiger partial charge >= 0.3 is 11.7 Å². The van der Waals surface area contributed by atoms with Gasteiger partial charge < -0.3 is 13.9 Å². The van der Waals surface area contributed by atoms with Gasteiger partial charge in [0.1, 0.15) is 12.0 Å². The van der Waals surface area contributed by atoms with Crippen LogP contribution in [0, 0.1) is 6.92 Å². The number of esters is 1. The molecule has 0 amide bonds. The second-order valence-corrected chi connectivity index (χ2v) is 14.1. The second kappa shape index (κ2) is 8.56. The number of carbonyl (C=O) groups is 1. The van der Waals surface area contributed by atoms with Gasteiger partial charge in [-0.1, -0.05) is 39.0 Å². The molecule has 2 heterocycles. The molecule has 3 atom stereocenters. The Morgan fingerprint density at radius 1 is 1.19 bits per heavy atom. The molecule has 1 aromatic carbocycles. The number of aromatic nitrogens is 2. The Kier molecular flexibility index (Phi) is 6.40.